The van der Waals surface area contributed by atoms with Crippen molar-refractivity contribution < 1.29 is 24.2 Å². The minimum Gasteiger partial charge on any atom is -0.466 e. The average molecular weight is 706 g/mol. The molecular formula is C44H83NO5. The molecule has 0 saturated heterocycles. The molecule has 5 atom stereocenters. The van der Waals surface area contributed by atoms with Crippen LogP contribution in [-0.2, 0) is 19.1 Å². The van der Waals surface area contributed by atoms with Gasteiger partial charge in [-0.15, -0.1) is 0 Å². The lowest BCUT2D eigenvalue weighted by atomic mass is 10.0. The number of hydrogen-bond donors (Lipinski definition) is 1. The van der Waals surface area contributed by atoms with E-state index >= 15 is 0 Å². The van der Waals surface area contributed by atoms with Gasteiger partial charge < -0.3 is 19.5 Å². The summed E-state index contributed by atoms with van der Waals surface area (Å²) in [4.78, 5) is 27.2. The van der Waals surface area contributed by atoms with Crippen molar-refractivity contribution in [1.82, 2.24) is 4.90 Å². The molecule has 0 aromatic rings. The van der Waals surface area contributed by atoms with Crippen LogP contribution in [0.25, 0.3) is 0 Å². The first-order valence-corrected chi connectivity index (χ1v) is 22.2. The highest BCUT2D eigenvalue weighted by atomic mass is 16.5. The zero-order valence-electron chi connectivity index (χ0n) is 33.5. The molecule has 5 unspecified atom stereocenters. The average Bonchev–Trinajstić information content (AvgIpc) is 4.04. The third-order valence-electron chi connectivity index (χ3n) is 11.6. The van der Waals surface area contributed by atoms with E-state index in [9.17, 15) is 14.7 Å². The molecule has 0 heterocycles. The molecule has 2 rings (SSSR count). The third kappa shape index (κ3) is 24.2. The highest BCUT2D eigenvalue weighted by molar-refractivity contribution is 5.69. The molecule has 1 N–H and O–H groups in total. The van der Waals surface area contributed by atoms with Gasteiger partial charge in [-0.25, -0.2) is 0 Å². The van der Waals surface area contributed by atoms with E-state index < -0.39 is 0 Å². The fourth-order valence-corrected chi connectivity index (χ4v) is 8.07. The number of aliphatic hydroxyl groups is 1. The first-order valence-electron chi connectivity index (χ1n) is 22.2. The number of rotatable bonds is 37. The zero-order valence-corrected chi connectivity index (χ0v) is 33.5. The molecule has 2 aliphatic carbocycles. The van der Waals surface area contributed by atoms with E-state index in [1.165, 1.54) is 103 Å². The van der Waals surface area contributed by atoms with Crippen molar-refractivity contribution in [1.29, 1.82) is 0 Å². The molecule has 0 spiro atoms. The van der Waals surface area contributed by atoms with Gasteiger partial charge in [0.1, 0.15) is 6.10 Å². The van der Waals surface area contributed by atoms with E-state index in [0.29, 0.717) is 19.4 Å². The van der Waals surface area contributed by atoms with Gasteiger partial charge in [0.25, 0.3) is 0 Å². The first-order chi connectivity index (χ1) is 24.5. The minimum atomic E-state index is -0.0318. The normalized spacial score (nSPS) is 20.3. The molecule has 2 fully saturated rings. The molecule has 2 saturated carbocycles. The Bertz CT molecular complexity index is 820. The van der Waals surface area contributed by atoms with Crippen LogP contribution in [0.5, 0.6) is 0 Å². The van der Waals surface area contributed by atoms with Crippen molar-refractivity contribution in [3.8, 4) is 0 Å². The highest BCUT2D eigenvalue weighted by Gasteiger charge is 2.38. The number of unbranched alkanes of at least 4 members (excludes halogenated alkanes) is 14. The zero-order chi connectivity index (χ0) is 36.1. The van der Waals surface area contributed by atoms with Crippen molar-refractivity contribution in [2.75, 3.05) is 32.8 Å². The summed E-state index contributed by atoms with van der Waals surface area (Å²) < 4.78 is 11.5. The van der Waals surface area contributed by atoms with Crippen LogP contribution in [0, 0.1) is 23.7 Å². The Hall–Kier alpha value is -1.14. The molecule has 294 valence electrons. The van der Waals surface area contributed by atoms with Crippen LogP contribution in [-0.4, -0.2) is 60.9 Å². The molecule has 0 aromatic carbocycles. The number of hydrogen-bond acceptors (Lipinski definition) is 6. The van der Waals surface area contributed by atoms with Crippen LogP contribution in [0.1, 0.15) is 207 Å². The molecule has 6 nitrogen and oxygen atoms in total. The van der Waals surface area contributed by atoms with Crippen LogP contribution in [0.2, 0.25) is 0 Å². The number of ether oxygens (including phenoxy) is 2. The largest absolute Gasteiger partial charge is 0.466 e. The Balaban J connectivity index is 1.47. The predicted octanol–water partition coefficient (Wildman–Crippen LogP) is 11.6. The van der Waals surface area contributed by atoms with Gasteiger partial charge in [-0.1, -0.05) is 124 Å². The first kappa shape index (κ1) is 45.0. The van der Waals surface area contributed by atoms with E-state index in [4.69, 9.17) is 9.47 Å². The van der Waals surface area contributed by atoms with Gasteiger partial charge in [0.05, 0.1) is 13.2 Å². The van der Waals surface area contributed by atoms with E-state index in [0.717, 1.165) is 114 Å². The third-order valence-corrected chi connectivity index (χ3v) is 11.6. The fraction of sp³-hybridized carbons (Fsp3) is 0.955. The van der Waals surface area contributed by atoms with Gasteiger partial charge >= 0.3 is 11.9 Å². The number of nitrogens with zero attached hydrogens (tertiary/aromatic N) is 1. The quantitative estimate of drug-likeness (QED) is 0.0512. The molecule has 0 amide bonds. The Morgan fingerprint density at radius 2 is 1.06 bits per heavy atom. The van der Waals surface area contributed by atoms with E-state index in [-0.39, 0.29) is 24.6 Å². The molecular weight excluding hydrogens is 622 g/mol. The molecule has 6 heteroatoms. The molecule has 0 aromatic heterocycles. The van der Waals surface area contributed by atoms with E-state index in [1.807, 2.05) is 0 Å². The Morgan fingerprint density at radius 3 is 1.64 bits per heavy atom. The monoisotopic (exact) mass is 706 g/mol. The molecule has 50 heavy (non-hydrogen) atoms. The van der Waals surface area contributed by atoms with Crippen molar-refractivity contribution in [3.05, 3.63) is 0 Å². The number of carbonyl (C=O) groups excluding carboxylic acids is 2. The van der Waals surface area contributed by atoms with Crippen LogP contribution in [0.15, 0.2) is 0 Å². The van der Waals surface area contributed by atoms with E-state index in [1.54, 1.807) is 0 Å². The maximum absolute atomic E-state index is 12.8. The summed E-state index contributed by atoms with van der Waals surface area (Å²) in [6.07, 6.45) is 33.7. The number of aliphatic hydroxyl groups excluding tert-OH is 1. The smallest absolute Gasteiger partial charge is 0.306 e. The Morgan fingerprint density at radius 1 is 0.560 bits per heavy atom. The van der Waals surface area contributed by atoms with Gasteiger partial charge in [-0.2, -0.15) is 0 Å². The summed E-state index contributed by atoms with van der Waals surface area (Å²) >= 11 is 0. The van der Waals surface area contributed by atoms with Gasteiger partial charge in [0.2, 0.25) is 0 Å². The van der Waals surface area contributed by atoms with E-state index in [2.05, 4.69) is 25.7 Å². The van der Waals surface area contributed by atoms with Crippen molar-refractivity contribution in [3.63, 3.8) is 0 Å². The number of esters is 2. The second kappa shape index (κ2) is 30.3. The highest BCUT2D eigenvalue weighted by Crippen LogP contribution is 2.47. The van der Waals surface area contributed by atoms with Crippen molar-refractivity contribution in [2.45, 2.75) is 213 Å². The lowest BCUT2D eigenvalue weighted by Crippen LogP contribution is -2.29. The van der Waals surface area contributed by atoms with Gasteiger partial charge in [0, 0.05) is 19.4 Å². The summed E-state index contributed by atoms with van der Waals surface area (Å²) in [7, 11) is 0. The maximum Gasteiger partial charge on any atom is 0.306 e. The molecule has 2 aliphatic rings. The topological polar surface area (TPSA) is 76.1 Å². The second-order valence-corrected chi connectivity index (χ2v) is 16.3. The predicted molar refractivity (Wildman–Crippen MR) is 209 cm³/mol. The Kier molecular flexibility index (Phi) is 27.3. The molecule has 0 bridgehead atoms. The SMILES string of the molecule is CCCCCCCCOC(=O)CCCCCCCN(CCO)CCCCCCCC(=O)OC(CCC1CC1CCC)CCC1CC1CCCC. The van der Waals surface area contributed by atoms with Crippen molar-refractivity contribution >= 4 is 11.9 Å². The Labute approximate surface area is 310 Å². The lowest BCUT2D eigenvalue weighted by Gasteiger charge is -2.21. The van der Waals surface area contributed by atoms with Crippen LogP contribution >= 0.6 is 0 Å². The summed E-state index contributed by atoms with van der Waals surface area (Å²) in [5.74, 6) is 3.66. The summed E-state index contributed by atoms with van der Waals surface area (Å²) in [5, 5.41) is 9.55. The maximum atomic E-state index is 12.8. The minimum absolute atomic E-state index is 0.0318. The van der Waals surface area contributed by atoms with Crippen LogP contribution in [0.3, 0.4) is 0 Å². The number of carbonyl (C=O) groups is 2. The lowest BCUT2D eigenvalue weighted by molar-refractivity contribution is -0.150. The standard InChI is InChI=1S/C44H83NO5/c1-4-7-9-10-17-22-35-49-43(47)25-18-13-11-15-20-31-45(33-34-46)32-21-16-12-14-19-26-44(48)50-42(29-27-40-36-38(40)23-6-3)30-28-41-37-39(41)24-8-5-2/h38-42,46H,4-37H2,1-3H3. The summed E-state index contributed by atoms with van der Waals surface area (Å²) in [5.41, 5.74) is 0. The summed E-state index contributed by atoms with van der Waals surface area (Å²) in [6.45, 7) is 10.4. The van der Waals surface area contributed by atoms with Gasteiger partial charge in [-0.05, 0) is 107 Å². The van der Waals surface area contributed by atoms with Crippen molar-refractivity contribution in [2.24, 2.45) is 23.7 Å². The summed E-state index contributed by atoms with van der Waals surface area (Å²) in [6, 6.07) is 0. The van der Waals surface area contributed by atoms with Crippen LogP contribution < -0.4 is 0 Å². The van der Waals surface area contributed by atoms with Gasteiger partial charge in [-0.3, -0.25) is 9.59 Å². The molecule has 0 aliphatic heterocycles. The second-order valence-electron chi connectivity index (χ2n) is 16.3. The van der Waals surface area contributed by atoms with Crippen LogP contribution in [0.4, 0.5) is 0 Å². The molecule has 0 radical (unpaired) electrons. The fourth-order valence-electron chi connectivity index (χ4n) is 8.07. The van der Waals surface area contributed by atoms with Gasteiger partial charge in [0.15, 0.2) is 0 Å².